The Bertz CT molecular complexity index is 658. The first-order valence-electron chi connectivity index (χ1n) is 6.09. The van der Waals surface area contributed by atoms with E-state index in [0.29, 0.717) is 26.1 Å². The second kappa shape index (κ2) is 6.62. The number of rotatable bonds is 3. The minimum atomic E-state index is -3.95. The van der Waals surface area contributed by atoms with Crippen molar-refractivity contribution in [2.45, 2.75) is 23.8 Å². The Hall–Kier alpha value is -0.670. The average Bonchev–Trinajstić information content (AvgIpc) is 2.41. The second-order valence-corrected chi connectivity index (χ2v) is 7.32. The molecule has 1 aliphatic heterocycles. The van der Waals surface area contributed by atoms with Gasteiger partial charge in [0.1, 0.15) is 6.10 Å². The van der Waals surface area contributed by atoms with Crippen LogP contribution >= 0.6 is 27.5 Å². The zero-order valence-corrected chi connectivity index (χ0v) is 14.0. The van der Waals surface area contributed by atoms with Gasteiger partial charge in [-0.2, -0.15) is 0 Å². The summed E-state index contributed by atoms with van der Waals surface area (Å²) in [7, 11) is -3.95. The summed E-state index contributed by atoms with van der Waals surface area (Å²) in [5.41, 5.74) is -0.0402. The van der Waals surface area contributed by atoms with Crippen LogP contribution in [-0.2, 0) is 19.5 Å². The van der Waals surface area contributed by atoms with Gasteiger partial charge in [-0.15, -0.1) is 0 Å². The van der Waals surface area contributed by atoms with Crippen LogP contribution in [0.25, 0.3) is 0 Å². The van der Waals surface area contributed by atoms with Crippen LogP contribution in [0, 0.1) is 0 Å². The Balaban J connectivity index is 2.29. The minimum absolute atomic E-state index is 0.0402. The van der Waals surface area contributed by atoms with Crippen molar-refractivity contribution in [2.24, 2.45) is 5.14 Å². The van der Waals surface area contributed by atoms with Crippen molar-refractivity contribution in [3.63, 3.8) is 0 Å². The number of sulfonamides is 1. The molecule has 0 bridgehead atoms. The van der Waals surface area contributed by atoms with Crippen molar-refractivity contribution in [1.82, 2.24) is 0 Å². The fraction of sp³-hybridized carbons (Fsp3) is 0.417. The van der Waals surface area contributed by atoms with Gasteiger partial charge in [0, 0.05) is 17.3 Å². The molecule has 1 heterocycles. The summed E-state index contributed by atoms with van der Waals surface area (Å²) in [6, 6.07) is 2.35. The summed E-state index contributed by atoms with van der Waals surface area (Å²) in [5, 5.41) is 5.15. The highest BCUT2D eigenvalue weighted by Gasteiger charge is 2.23. The molecule has 0 unspecified atom stereocenters. The van der Waals surface area contributed by atoms with Gasteiger partial charge in [-0.3, -0.25) is 0 Å². The number of carbonyl (C=O) groups excluding carboxylic acids is 1. The number of ether oxygens (including phenoxy) is 2. The minimum Gasteiger partial charge on any atom is -0.459 e. The SMILES string of the molecule is NS(=O)(=O)c1cc(Br)c(Cl)c(C(=O)OC2CCOCC2)c1. The summed E-state index contributed by atoms with van der Waals surface area (Å²) >= 11 is 9.12. The topological polar surface area (TPSA) is 95.7 Å². The maximum Gasteiger partial charge on any atom is 0.340 e. The van der Waals surface area contributed by atoms with E-state index in [-0.39, 0.29) is 26.1 Å². The first-order valence-corrected chi connectivity index (χ1v) is 8.81. The quantitative estimate of drug-likeness (QED) is 0.787. The van der Waals surface area contributed by atoms with Crippen molar-refractivity contribution in [2.75, 3.05) is 13.2 Å². The maximum absolute atomic E-state index is 12.2. The van der Waals surface area contributed by atoms with Gasteiger partial charge < -0.3 is 9.47 Å². The van der Waals surface area contributed by atoms with Crippen LogP contribution in [0.1, 0.15) is 23.2 Å². The van der Waals surface area contributed by atoms with Crippen LogP contribution in [0.2, 0.25) is 5.02 Å². The molecule has 1 aliphatic rings. The molecule has 116 valence electrons. The van der Waals surface area contributed by atoms with Gasteiger partial charge in [-0.25, -0.2) is 18.4 Å². The highest BCUT2D eigenvalue weighted by Crippen LogP contribution is 2.30. The molecule has 0 spiro atoms. The molecule has 9 heteroatoms. The van der Waals surface area contributed by atoms with Crippen molar-refractivity contribution in [1.29, 1.82) is 0 Å². The molecule has 0 amide bonds. The molecule has 0 atom stereocenters. The zero-order chi connectivity index (χ0) is 15.6. The Morgan fingerprint density at radius 3 is 2.57 bits per heavy atom. The lowest BCUT2D eigenvalue weighted by molar-refractivity contribution is -0.0159. The molecule has 21 heavy (non-hydrogen) atoms. The lowest BCUT2D eigenvalue weighted by Crippen LogP contribution is -2.26. The molecule has 0 saturated carbocycles. The van der Waals surface area contributed by atoms with Crippen molar-refractivity contribution >= 4 is 43.5 Å². The molecule has 2 rings (SSSR count). The molecular formula is C12H13BrClNO5S. The Morgan fingerprint density at radius 2 is 2.00 bits per heavy atom. The highest BCUT2D eigenvalue weighted by molar-refractivity contribution is 9.10. The van der Waals surface area contributed by atoms with Crippen LogP contribution in [0.5, 0.6) is 0 Å². The molecule has 1 fully saturated rings. The van der Waals surface area contributed by atoms with E-state index in [9.17, 15) is 13.2 Å². The van der Waals surface area contributed by atoms with E-state index in [1.165, 1.54) is 6.07 Å². The van der Waals surface area contributed by atoms with Crippen molar-refractivity contribution < 1.29 is 22.7 Å². The summed E-state index contributed by atoms with van der Waals surface area (Å²) in [5.74, 6) is -0.682. The van der Waals surface area contributed by atoms with Crippen LogP contribution in [0.4, 0.5) is 0 Å². The van der Waals surface area contributed by atoms with Crippen LogP contribution < -0.4 is 5.14 Å². The zero-order valence-electron chi connectivity index (χ0n) is 10.8. The molecule has 0 radical (unpaired) electrons. The summed E-state index contributed by atoms with van der Waals surface area (Å²) in [6.07, 6.45) is 0.929. The van der Waals surface area contributed by atoms with Gasteiger partial charge in [-0.05, 0) is 28.1 Å². The van der Waals surface area contributed by atoms with Gasteiger partial charge in [0.25, 0.3) is 0 Å². The number of nitrogens with two attached hydrogens (primary N) is 1. The number of hydrogen-bond acceptors (Lipinski definition) is 5. The van der Waals surface area contributed by atoms with E-state index in [0.717, 1.165) is 6.07 Å². The smallest absolute Gasteiger partial charge is 0.340 e. The average molecular weight is 399 g/mol. The normalized spacial score (nSPS) is 16.7. The summed E-state index contributed by atoms with van der Waals surface area (Å²) in [6.45, 7) is 1.04. The number of primary sulfonamides is 1. The van der Waals surface area contributed by atoms with Gasteiger partial charge >= 0.3 is 5.97 Å². The number of halogens is 2. The molecular weight excluding hydrogens is 386 g/mol. The van der Waals surface area contributed by atoms with Crippen LogP contribution in [0.3, 0.4) is 0 Å². The summed E-state index contributed by atoms with van der Waals surface area (Å²) in [4.78, 5) is 12.0. The van der Waals surface area contributed by atoms with Gasteiger partial charge in [0.05, 0.1) is 28.7 Å². The lowest BCUT2D eigenvalue weighted by atomic mass is 10.1. The summed E-state index contributed by atoms with van der Waals surface area (Å²) < 4.78 is 33.6. The molecule has 0 aliphatic carbocycles. The predicted octanol–water partition coefficient (Wildman–Crippen LogP) is 2.09. The van der Waals surface area contributed by atoms with E-state index < -0.39 is 16.0 Å². The van der Waals surface area contributed by atoms with E-state index in [1.807, 2.05) is 0 Å². The number of carbonyl (C=O) groups is 1. The molecule has 1 aromatic rings. The van der Waals surface area contributed by atoms with E-state index in [2.05, 4.69) is 15.9 Å². The molecule has 2 N–H and O–H groups in total. The van der Waals surface area contributed by atoms with Crippen LogP contribution in [-0.4, -0.2) is 33.7 Å². The first-order chi connectivity index (χ1) is 9.79. The number of hydrogen-bond donors (Lipinski definition) is 1. The Kier molecular flexibility index (Phi) is 5.26. The largest absolute Gasteiger partial charge is 0.459 e. The van der Waals surface area contributed by atoms with E-state index in [4.69, 9.17) is 26.2 Å². The third kappa shape index (κ3) is 4.17. The first kappa shape index (κ1) is 16.7. The van der Waals surface area contributed by atoms with Gasteiger partial charge in [0.2, 0.25) is 10.0 Å². The maximum atomic E-state index is 12.2. The molecule has 0 aromatic heterocycles. The Labute approximate surface area is 135 Å². The van der Waals surface area contributed by atoms with Gasteiger partial charge in [-0.1, -0.05) is 11.6 Å². The fourth-order valence-electron chi connectivity index (χ4n) is 1.89. The lowest BCUT2D eigenvalue weighted by Gasteiger charge is -2.22. The monoisotopic (exact) mass is 397 g/mol. The second-order valence-electron chi connectivity index (χ2n) is 4.53. The number of esters is 1. The Morgan fingerprint density at radius 1 is 1.38 bits per heavy atom. The molecule has 1 saturated heterocycles. The standard InChI is InChI=1S/C12H13BrClNO5S/c13-10-6-8(21(15,17)18)5-9(11(10)14)12(16)20-7-1-3-19-4-2-7/h5-7H,1-4H2,(H2,15,17,18). The van der Waals surface area contributed by atoms with E-state index in [1.54, 1.807) is 0 Å². The molecule has 1 aromatic carbocycles. The number of benzene rings is 1. The van der Waals surface area contributed by atoms with Crippen molar-refractivity contribution in [3.05, 3.63) is 27.2 Å². The van der Waals surface area contributed by atoms with Gasteiger partial charge in [0.15, 0.2) is 0 Å². The third-order valence-electron chi connectivity index (χ3n) is 2.99. The highest BCUT2D eigenvalue weighted by atomic mass is 79.9. The van der Waals surface area contributed by atoms with Crippen LogP contribution in [0.15, 0.2) is 21.5 Å². The van der Waals surface area contributed by atoms with Crippen molar-refractivity contribution in [3.8, 4) is 0 Å². The fourth-order valence-corrected chi connectivity index (χ4v) is 3.25. The molecule has 6 nitrogen and oxygen atoms in total. The predicted molar refractivity (Wildman–Crippen MR) is 79.8 cm³/mol. The van der Waals surface area contributed by atoms with E-state index >= 15 is 0 Å². The third-order valence-corrected chi connectivity index (χ3v) is 5.15.